The van der Waals surface area contributed by atoms with Crippen LogP contribution in [0.1, 0.15) is 61.1 Å². The van der Waals surface area contributed by atoms with Crippen molar-refractivity contribution in [3.05, 3.63) is 9.26 Å². The lowest BCUT2D eigenvalue weighted by atomic mass is 10.2. The molecule has 1 heterocycles. The number of hydrogen-bond donors (Lipinski definition) is 0. The monoisotopic (exact) mass is 617 g/mol. The van der Waals surface area contributed by atoms with Crippen LogP contribution in [0.3, 0.4) is 0 Å². The van der Waals surface area contributed by atoms with Gasteiger partial charge in [0.05, 0.1) is 40.9 Å². The van der Waals surface area contributed by atoms with E-state index in [9.17, 15) is 8.42 Å². The van der Waals surface area contributed by atoms with Gasteiger partial charge in [0.2, 0.25) is 5.88 Å². The highest BCUT2D eigenvalue weighted by atomic mass is 127. The fourth-order valence-corrected chi connectivity index (χ4v) is 5.37. The number of aromatic nitrogens is 2. The second kappa shape index (κ2) is 12.2. The van der Waals surface area contributed by atoms with Gasteiger partial charge in [-0.3, -0.25) is 13.8 Å². The minimum absolute atomic E-state index is 0.0163. The maximum Gasteiger partial charge on any atom is 0.264 e. The van der Waals surface area contributed by atoms with Crippen molar-refractivity contribution in [1.29, 1.82) is 0 Å². The Morgan fingerprint density at radius 3 is 2.18 bits per heavy atom. The highest BCUT2D eigenvalue weighted by Crippen LogP contribution is 2.36. The van der Waals surface area contributed by atoms with Gasteiger partial charge < -0.3 is 9.16 Å². The Morgan fingerprint density at radius 2 is 1.73 bits per heavy atom. The Kier molecular flexibility index (Phi) is 11.4. The molecule has 11 heteroatoms. The molecule has 1 aromatic heterocycles. The molecule has 0 spiro atoms. The van der Waals surface area contributed by atoms with Crippen molar-refractivity contribution in [2.75, 3.05) is 19.4 Å². The van der Waals surface area contributed by atoms with Crippen molar-refractivity contribution in [2.45, 2.75) is 105 Å². The van der Waals surface area contributed by atoms with E-state index in [1.807, 2.05) is 18.5 Å². The van der Waals surface area contributed by atoms with E-state index in [0.29, 0.717) is 32.1 Å². The van der Waals surface area contributed by atoms with Crippen LogP contribution in [0.2, 0.25) is 18.1 Å². The van der Waals surface area contributed by atoms with E-state index in [1.54, 1.807) is 6.92 Å². The average molecular weight is 618 g/mol. The zero-order valence-electron chi connectivity index (χ0n) is 22.2. The standard InChI is InChI=1S/C22H44IN3O5SSi/c1-16(2)25(14-18(5)31-32(9,27)28)15-19-20(23)21(30-17(3)4)24-26(19)12-13-29-33(10,11)22(6,7)8/h16-18H,12-15H2,1-11H3/t18-/m0/s1. The molecule has 1 aromatic rings. The van der Waals surface area contributed by atoms with E-state index in [2.05, 4.69) is 75.2 Å². The van der Waals surface area contributed by atoms with E-state index >= 15 is 0 Å². The smallest absolute Gasteiger partial charge is 0.264 e. The summed E-state index contributed by atoms with van der Waals surface area (Å²) in [6.45, 7) is 23.4. The first-order chi connectivity index (χ1) is 14.8. The first-order valence-corrected chi connectivity index (χ1v) is 17.3. The molecule has 0 radical (unpaired) electrons. The summed E-state index contributed by atoms with van der Waals surface area (Å²) in [4.78, 5) is 2.19. The van der Waals surface area contributed by atoms with Crippen LogP contribution in [0.15, 0.2) is 0 Å². The van der Waals surface area contributed by atoms with E-state index in [4.69, 9.17) is 18.4 Å². The van der Waals surface area contributed by atoms with Crippen molar-refractivity contribution >= 4 is 41.0 Å². The molecule has 0 saturated carbocycles. The van der Waals surface area contributed by atoms with Crippen LogP contribution in [0.25, 0.3) is 0 Å². The average Bonchev–Trinajstić information content (AvgIpc) is 2.86. The Hall–Kier alpha value is -0.213. The maximum atomic E-state index is 11.6. The molecule has 0 saturated heterocycles. The highest BCUT2D eigenvalue weighted by Gasteiger charge is 2.37. The van der Waals surface area contributed by atoms with Crippen LogP contribution < -0.4 is 4.74 Å². The van der Waals surface area contributed by atoms with Crippen LogP contribution >= 0.6 is 22.6 Å². The molecule has 0 unspecified atom stereocenters. The SMILES string of the molecule is CC(C)Oc1nn(CCO[Si](C)(C)C(C)(C)C)c(CN(C[C@H](C)OS(C)(=O)=O)C(C)C)c1I. The number of nitrogens with zero attached hydrogens (tertiary/aromatic N) is 3. The molecule has 0 bridgehead atoms. The minimum atomic E-state index is -3.51. The van der Waals surface area contributed by atoms with Crippen LogP contribution in [0.5, 0.6) is 5.88 Å². The zero-order chi connectivity index (χ0) is 25.8. The van der Waals surface area contributed by atoms with Crippen molar-refractivity contribution in [3.63, 3.8) is 0 Å². The predicted molar refractivity (Wildman–Crippen MR) is 145 cm³/mol. The van der Waals surface area contributed by atoms with Gasteiger partial charge in [0.1, 0.15) is 0 Å². The molecular weight excluding hydrogens is 573 g/mol. The normalized spacial score (nSPS) is 14.5. The molecule has 1 atom stereocenters. The number of ether oxygens (including phenoxy) is 1. The Labute approximate surface area is 216 Å². The van der Waals surface area contributed by atoms with Gasteiger partial charge >= 0.3 is 0 Å². The summed E-state index contributed by atoms with van der Waals surface area (Å²) in [7, 11) is -5.37. The molecule has 0 N–H and O–H groups in total. The lowest BCUT2D eigenvalue weighted by molar-refractivity contribution is 0.120. The summed E-state index contributed by atoms with van der Waals surface area (Å²) >= 11 is 2.29. The van der Waals surface area contributed by atoms with Crippen molar-refractivity contribution in [1.82, 2.24) is 14.7 Å². The third-order valence-corrected chi connectivity index (χ3v) is 12.1. The third kappa shape index (κ3) is 10.1. The summed E-state index contributed by atoms with van der Waals surface area (Å²) in [6.07, 6.45) is 0.645. The maximum absolute atomic E-state index is 11.6. The first kappa shape index (κ1) is 30.8. The lowest BCUT2D eigenvalue weighted by Gasteiger charge is -2.36. The van der Waals surface area contributed by atoms with Crippen molar-refractivity contribution in [2.24, 2.45) is 0 Å². The Morgan fingerprint density at radius 1 is 1.15 bits per heavy atom. The van der Waals surface area contributed by atoms with Crippen LogP contribution in [-0.2, 0) is 31.8 Å². The van der Waals surface area contributed by atoms with Gasteiger partial charge in [-0.1, -0.05) is 20.8 Å². The molecule has 8 nitrogen and oxygen atoms in total. The van der Waals surface area contributed by atoms with Gasteiger partial charge in [-0.15, -0.1) is 5.10 Å². The third-order valence-electron chi connectivity index (χ3n) is 5.80. The van der Waals surface area contributed by atoms with Crippen molar-refractivity contribution in [3.8, 4) is 5.88 Å². The molecule has 0 aliphatic heterocycles. The van der Waals surface area contributed by atoms with E-state index in [-0.39, 0.29) is 17.2 Å². The lowest BCUT2D eigenvalue weighted by Crippen LogP contribution is -2.41. The summed E-state index contributed by atoms with van der Waals surface area (Å²) < 4.78 is 43.6. The van der Waals surface area contributed by atoms with E-state index in [1.165, 1.54) is 0 Å². The minimum Gasteiger partial charge on any atom is -0.473 e. The topological polar surface area (TPSA) is 82.9 Å². The van der Waals surface area contributed by atoms with Gasteiger partial charge in [0, 0.05) is 19.1 Å². The van der Waals surface area contributed by atoms with Crippen molar-refractivity contribution < 1.29 is 21.8 Å². The predicted octanol–water partition coefficient (Wildman–Crippen LogP) is 4.87. The largest absolute Gasteiger partial charge is 0.473 e. The van der Waals surface area contributed by atoms with Gasteiger partial charge in [-0.2, -0.15) is 8.42 Å². The molecule has 33 heavy (non-hydrogen) atoms. The zero-order valence-corrected chi connectivity index (χ0v) is 26.2. The molecule has 0 aliphatic rings. The van der Waals surface area contributed by atoms with Gasteiger partial charge in [0.25, 0.3) is 10.1 Å². The second-order valence-electron chi connectivity index (χ2n) is 10.7. The fraction of sp³-hybridized carbons (Fsp3) is 0.864. The molecule has 0 fully saturated rings. The number of hydrogen-bond acceptors (Lipinski definition) is 7. The molecule has 194 valence electrons. The fourth-order valence-electron chi connectivity index (χ4n) is 3.00. The van der Waals surface area contributed by atoms with Gasteiger partial charge in [-0.05, 0) is 75.3 Å². The van der Waals surface area contributed by atoms with Crippen LogP contribution in [0, 0.1) is 3.57 Å². The summed E-state index contributed by atoms with van der Waals surface area (Å²) in [5.74, 6) is 0.622. The first-order valence-electron chi connectivity index (χ1n) is 11.5. The summed E-state index contributed by atoms with van der Waals surface area (Å²) in [6, 6.07) is 0.188. The molecule has 1 rings (SSSR count). The highest BCUT2D eigenvalue weighted by molar-refractivity contribution is 14.1. The van der Waals surface area contributed by atoms with E-state index in [0.717, 1.165) is 15.5 Å². The van der Waals surface area contributed by atoms with Crippen LogP contribution in [0.4, 0.5) is 0 Å². The second-order valence-corrected chi connectivity index (χ2v) is 18.2. The quantitative estimate of drug-likeness (QED) is 0.178. The van der Waals surface area contributed by atoms with Crippen LogP contribution in [-0.4, -0.2) is 69.1 Å². The Bertz CT molecular complexity index is 866. The summed E-state index contributed by atoms with van der Waals surface area (Å²) in [5, 5.41) is 4.89. The molecule has 0 aromatic carbocycles. The molecule has 0 amide bonds. The van der Waals surface area contributed by atoms with E-state index < -0.39 is 24.5 Å². The Balaban J connectivity index is 3.13. The molecular formula is C22H44IN3O5SSi. The number of rotatable bonds is 13. The van der Waals surface area contributed by atoms with Gasteiger partial charge in [0.15, 0.2) is 8.32 Å². The van der Waals surface area contributed by atoms with Gasteiger partial charge in [-0.25, -0.2) is 0 Å². The number of halogens is 1. The molecule has 0 aliphatic carbocycles. The summed E-state index contributed by atoms with van der Waals surface area (Å²) in [5.41, 5.74) is 1.03.